The van der Waals surface area contributed by atoms with Gasteiger partial charge in [0, 0.05) is 0 Å². The summed E-state index contributed by atoms with van der Waals surface area (Å²) in [7, 11) is 0. The van der Waals surface area contributed by atoms with Crippen molar-refractivity contribution >= 4 is 5.97 Å². The molecule has 0 aromatic carbocycles. The number of rotatable bonds is 4. The van der Waals surface area contributed by atoms with Crippen LogP contribution in [-0.4, -0.2) is 12.6 Å². The molecule has 1 aliphatic heterocycles. The highest BCUT2D eigenvalue weighted by atomic mass is 16.5. The van der Waals surface area contributed by atoms with Crippen LogP contribution in [0.15, 0.2) is 0 Å². The molecule has 1 heterocycles. The van der Waals surface area contributed by atoms with E-state index in [4.69, 9.17) is 4.74 Å². The second kappa shape index (κ2) is 4.48. The Kier molecular flexibility index (Phi) is 3.57. The molecular weight excluding hydrogens is 152 g/mol. The van der Waals surface area contributed by atoms with Gasteiger partial charge in [-0.1, -0.05) is 26.7 Å². The highest BCUT2D eigenvalue weighted by Crippen LogP contribution is 2.29. The number of carbonyl (C=O) groups is 1. The topological polar surface area (TPSA) is 26.3 Å². The number of esters is 1. The van der Waals surface area contributed by atoms with E-state index in [1.54, 1.807) is 0 Å². The fraction of sp³-hybridized carbons (Fsp3) is 0.900. The Morgan fingerprint density at radius 2 is 2.33 bits per heavy atom. The summed E-state index contributed by atoms with van der Waals surface area (Å²) in [5.41, 5.74) is 0. The lowest BCUT2D eigenvalue weighted by Crippen LogP contribution is -2.18. The number of carbonyl (C=O) groups excluding carboxylic acids is 1. The summed E-state index contributed by atoms with van der Waals surface area (Å²) in [6.45, 7) is 4.97. The summed E-state index contributed by atoms with van der Waals surface area (Å²) < 4.78 is 4.96. The highest BCUT2D eigenvalue weighted by molar-refractivity contribution is 5.74. The summed E-state index contributed by atoms with van der Waals surface area (Å²) in [5.74, 6) is 0.801. The van der Waals surface area contributed by atoms with Crippen LogP contribution in [0.1, 0.15) is 39.5 Å². The monoisotopic (exact) mass is 170 g/mol. The van der Waals surface area contributed by atoms with E-state index in [0.29, 0.717) is 12.5 Å². The standard InChI is InChI=1S/C10H18O2/c1-3-5-8(4-2)9-6-7-12-10(9)11/h8-9H,3-7H2,1-2H3. The SMILES string of the molecule is CCCC(CC)C1CCOC1=O. The van der Waals surface area contributed by atoms with Crippen LogP contribution in [0.25, 0.3) is 0 Å². The maximum absolute atomic E-state index is 11.2. The smallest absolute Gasteiger partial charge is 0.309 e. The van der Waals surface area contributed by atoms with Gasteiger partial charge in [-0.25, -0.2) is 0 Å². The summed E-state index contributed by atoms with van der Waals surface area (Å²) in [6.07, 6.45) is 4.38. The van der Waals surface area contributed by atoms with Crippen LogP contribution in [0.3, 0.4) is 0 Å². The predicted octanol–water partition coefficient (Wildman–Crippen LogP) is 2.38. The first-order valence-corrected chi connectivity index (χ1v) is 4.96. The molecule has 0 aliphatic carbocycles. The predicted molar refractivity (Wildman–Crippen MR) is 47.8 cm³/mol. The van der Waals surface area contributed by atoms with Crippen molar-refractivity contribution in [3.8, 4) is 0 Å². The fourth-order valence-electron chi connectivity index (χ4n) is 2.00. The number of cyclic esters (lactones) is 1. The Balaban J connectivity index is 2.46. The normalized spacial score (nSPS) is 25.5. The van der Waals surface area contributed by atoms with E-state index < -0.39 is 0 Å². The first-order chi connectivity index (χ1) is 5.79. The first kappa shape index (κ1) is 9.56. The average molecular weight is 170 g/mol. The summed E-state index contributed by atoms with van der Waals surface area (Å²) in [5, 5.41) is 0. The van der Waals surface area contributed by atoms with Crippen molar-refractivity contribution in [2.24, 2.45) is 11.8 Å². The Morgan fingerprint density at radius 1 is 1.58 bits per heavy atom. The number of ether oxygens (including phenoxy) is 1. The Morgan fingerprint density at radius 3 is 2.75 bits per heavy atom. The molecule has 1 fully saturated rings. The molecule has 0 aromatic rings. The molecule has 2 nitrogen and oxygen atoms in total. The summed E-state index contributed by atoms with van der Waals surface area (Å²) in [4.78, 5) is 11.2. The molecule has 0 amide bonds. The third-order valence-electron chi connectivity index (χ3n) is 2.73. The van der Waals surface area contributed by atoms with Crippen molar-refractivity contribution in [3.63, 3.8) is 0 Å². The molecule has 12 heavy (non-hydrogen) atoms. The lowest BCUT2D eigenvalue weighted by molar-refractivity contribution is -0.142. The molecule has 0 N–H and O–H groups in total. The van der Waals surface area contributed by atoms with Crippen LogP contribution in [0.5, 0.6) is 0 Å². The van der Waals surface area contributed by atoms with Crippen molar-refractivity contribution in [1.29, 1.82) is 0 Å². The van der Waals surface area contributed by atoms with Gasteiger partial charge in [0.15, 0.2) is 0 Å². The molecule has 0 saturated carbocycles. The van der Waals surface area contributed by atoms with Crippen LogP contribution >= 0.6 is 0 Å². The van der Waals surface area contributed by atoms with E-state index in [9.17, 15) is 4.79 Å². The van der Waals surface area contributed by atoms with E-state index in [-0.39, 0.29) is 11.9 Å². The minimum atomic E-state index is 0.0373. The third kappa shape index (κ3) is 1.99. The molecular formula is C10H18O2. The lowest BCUT2D eigenvalue weighted by atomic mass is 9.85. The second-order valence-corrected chi connectivity index (χ2v) is 3.52. The molecule has 1 saturated heterocycles. The van der Waals surface area contributed by atoms with Crippen molar-refractivity contribution < 1.29 is 9.53 Å². The van der Waals surface area contributed by atoms with Gasteiger partial charge >= 0.3 is 5.97 Å². The van der Waals surface area contributed by atoms with Gasteiger partial charge < -0.3 is 4.74 Å². The number of hydrogen-bond acceptors (Lipinski definition) is 2. The summed E-state index contributed by atoms with van der Waals surface area (Å²) >= 11 is 0. The zero-order valence-corrected chi connectivity index (χ0v) is 8.01. The van der Waals surface area contributed by atoms with Gasteiger partial charge in [0.2, 0.25) is 0 Å². The van der Waals surface area contributed by atoms with Gasteiger partial charge in [0.25, 0.3) is 0 Å². The molecule has 1 rings (SSSR count). The Labute approximate surface area is 74.3 Å². The molecule has 2 unspecified atom stereocenters. The van der Waals surface area contributed by atoms with Gasteiger partial charge in [0.05, 0.1) is 12.5 Å². The van der Waals surface area contributed by atoms with Crippen LogP contribution in [0.2, 0.25) is 0 Å². The highest BCUT2D eigenvalue weighted by Gasteiger charge is 2.32. The zero-order chi connectivity index (χ0) is 8.97. The Bertz CT molecular complexity index is 154. The van der Waals surface area contributed by atoms with E-state index in [2.05, 4.69) is 13.8 Å². The molecule has 2 atom stereocenters. The van der Waals surface area contributed by atoms with Crippen LogP contribution in [-0.2, 0) is 9.53 Å². The molecule has 0 radical (unpaired) electrons. The first-order valence-electron chi connectivity index (χ1n) is 4.96. The molecule has 0 spiro atoms. The van der Waals surface area contributed by atoms with Crippen LogP contribution in [0, 0.1) is 11.8 Å². The van der Waals surface area contributed by atoms with Crippen molar-refractivity contribution in [1.82, 2.24) is 0 Å². The molecule has 1 aliphatic rings. The minimum Gasteiger partial charge on any atom is -0.465 e. The van der Waals surface area contributed by atoms with Crippen LogP contribution in [0.4, 0.5) is 0 Å². The quantitative estimate of drug-likeness (QED) is 0.605. The van der Waals surface area contributed by atoms with E-state index in [0.717, 1.165) is 19.3 Å². The van der Waals surface area contributed by atoms with Gasteiger partial charge in [-0.15, -0.1) is 0 Å². The zero-order valence-electron chi connectivity index (χ0n) is 8.01. The van der Waals surface area contributed by atoms with Gasteiger partial charge in [-0.2, -0.15) is 0 Å². The average Bonchev–Trinajstić information content (AvgIpc) is 2.47. The van der Waals surface area contributed by atoms with Crippen LogP contribution < -0.4 is 0 Å². The molecule has 2 heteroatoms. The van der Waals surface area contributed by atoms with Gasteiger partial charge in [-0.05, 0) is 18.8 Å². The van der Waals surface area contributed by atoms with Gasteiger partial charge in [-0.3, -0.25) is 4.79 Å². The number of hydrogen-bond donors (Lipinski definition) is 0. The van der Waals surface area contributed by atoms with Crippen molar-refractivity contribution in [2.75, 3.05) is 6.61 Å². The van der Waals surface area contributed by atoms with E-state index >= 15 is 0 Å². The largest absolute Gasteiger partial charge is 0.465 e. The minimum absolute atomic E-state index is 0.0373. The second-order valence-electron chi connectivity index (χ2n) is 3.52. The van der Waals surface area contributed by atoms with Crippen molar-refractivity contribution in [3.05, 3.63) is 0 Å². The molecule has 70 valence electrons. The van der Waals surface area contributed by atoms with E-state index in [1.807, 2.05) is 0 Å². The van der Waals surface area contributed by atoms with E-state index in [1.165, 1.54) is 6.42 Å². The lowest BCUT2D eigenvalue weighted by Gasteiger charge is -2.17. The van der Waals surface area contributed by atoms with Gasteiger partial charge in [0.1, 0.15) is 0 Å². The summed E-state index contributed by atoms with van der Waals surface area (Å²) in [6, 6.07) is 0. The molecule has 0 bridgehead atoms. The maximum atomic E-state index is 11.2. The maximum Gasteiger partial charge on any atom is 0.309 e. The Hall–Kier alpha value is -0.530. The molecule has 0 aromatic heterocycles. The third-order valence-corrected chi connectivity index (χ3v) is 2.73. The van der Waals surface area contributed by atoms with Crippen molar-refractivity contribution in [2.45, 2.75) is 39.5 Å². The fourth-order valence-corrected chi connectivity index (χ4v) is 2.00.